The number of aliphatic hydroxyl groups is 1. The molecule has 0 radical (unpaired) electrons. The molecule has 0 saturated carbocycles. The summed E-state index contributed by atoms with van der Waals surface area (Å²) in [5.41, 5.74) is 0.216. The van der Waals surface area contributed by atoms with E-state index in [1.54, 1.807) is 20.9 Å². The van der Waals surface area contributed by atoms with E-state index in [4.69, 9.17) is 4.74 Å². The maximum absolute atomic E-state index is 11.7. The Morgan fingerprint density at radius 1 is 1.35 bits per heavy atom. The van der Waals surface area contributed by atoms with E-state index < -0.39 is 5.60 Å². The number of ether oxygens (including phenoxy) is 1. The maximum Gasteiger partial charge on any atom is 0.317 e. The highest BCUT2D eigenvalue weighted by molar-refractivity contribution is 5.73. The third kappa shape index (κ3) is 7.11. The quantitative estimate of drug-likeness (QED) is 0.746. The van der Waals surface area contributed by atoms with Crippen molar-refractivity contribution in [1.29, 1.82) is 0 Å². The van der Waals surface area contributed by atoms with Gasteiger partial charge in [0.05, 0.1) is 25.4 Å². The Labute approximate surface area is 120 Å². The van der Waals surface area contributed by atoms with Crippen LogP contribution < -0.4 is 5.32 Å². The smallest absolute Gasteiger partial charge is 0.317 e. The first kappa shape index (κ1) is 16.5. The number of carbonyl (C=O) groups excluding carboxylic acids is 1. The largest absolute Gasteiger partial charge is 0.389 e. The summed E-state index contributed by atoms with van der Waals surface area (Å²) in [5.74, 6) is 0. The zero-order chi connectivity index (χ0) is 15.0. The van der Waals surface area contributed by atoms with Crippen LogP contribution in [0.5, 0.6) is 0 Å². The highest BCUT2D eigenvalue weighted by Crippen LogP contribution is 2.03. The average molecular weight is 280 g/mol. The number of likely N-dealkylation sites (N-methyl/N-ethyl adjacent to an activating group) is 1. The minimum atomic E-state index is -0.893. The molecule has 20 heavy (non-hydrogen) atoms. The van der Waals surface area contributed by atoms with Crippen molar-refractivity contribution in [3.05, 3.63) is 35.9 Å². The van der Waals surface area contributed by atoms with E-state index >= 15 is 0 Å². The molecule has 0 saturated heterocycles. The van der Waals surface area contributed by atoms with Crippen LogP contribution in [0, 0.1) is 0 Å². The zero-order valence-electron chi connectivity index (χ0n) is 12.4. The lowest BCUT2D eigenvalue weighted by atomic mass is 10.1. The predicted octanol–water partition coefficient (Wildman–Crippen LogP) is 1.62. The molecule has 5 heteroatoms. The van der Waals surface area contributed by atoms with Gasteiger partial charge in [-0.2, -0.15) is 0 Å². The van der Waals surface area contributed by atoms with Gasteiger partial charge in [-0.1, -0.05) is 30.3 Å². The number of nitrogens with zero attached hydrogens (tertiary/aromatic N) is 1. The van der Waals surface area contributed by atoms with Gasteiger partial charge >= 0.3 is 6.03 Å². The Bertz CT molecular complexity index is 401. The minimum absolute atomic E-state index is 0.213. The molecule has 0 fully saturated rings. The van der Waals surface area contributed by atoms with E-state index in [-0.39, 0.29) is 12.6 Å². The molecule has 1 aromatic carbocycles. The van der Waals surface area contributed by atoms with E-state index in [1.807, 2.05) is 30.3 Å². The Kier molecular flexibility index (Phi) is 6.48. The summed E-state index contributed by atoms with van der Waals surface area (Å²) in [4.78, 5) is 13.2. The number of carbonyl (C=O) groups is 1. The molecule has 0 unspecified atom stereocenters. The Balaban J connectivity index is 2.13. The lowest BCUT2D eigenvalue weighted by molar-refractivity contribution is 0.0526. The van der Waals surface area contributed by atoms with Gasteiger partial charge in [0.2, 0.25) is 0 Å². The fourth-order valence-corrected chi connectivity index (χ4v) is 1.78. The van der Waals surface area contributed by atoms with Crippen LogP contribution in [0.4, 0.5) is 4.79 Å². The SMILES string of the molecule is CN(CC(C)(C)O)C(=O)NCCOCc1ccccc1. The number of benzene rings is 1. The van der Waals surface area contributed by atoms with Crippen LogP contribution in [-0.4, -0.2) is 48.4 Å². The fourth-order valence-electron chi connectivity index (χ4n) is 1.78. The molecule has 0 spiro atoms. The molecule has 0 aliphatic heterocycles. The molecule has 0 atom stereocenters. The normalized spacial score (nSPS) is 11.2. The summed E-state index contributed by atoms with van der Waals surface area (Å²) in [5, 5.41) is 12.4. The van der Waals surface area contributed by atoms with Gasteiger partial charge in [-0.15, -0.1) is 0 Å². The summed E-state index contributed by atoms with van der Waals surface area (Å²) in [6, 6.07) is 9.67. The van der Waals surface area contributed by atoms with Gasteiger partial charge < -0.3 is 20.1 Å². The fraction of sp³-hybridized carbons (Fsp3) is 0.533. The number of urea groups is 1. The van der Waals surface area contributed by atoms with Crippen molar-refractivity contribution in [2.75, 3.05) is 26.7 Å². The minimum Gasteiger partial charge on any atom is -0.389 e. The van der Waals surface area contributed by atoms with Gasteiger partial charge in [0.25, 0.3) is 0 Å². The van der Waals surface area contributed by atoms with Gasteiger partial charge in [-0.05, 0) is 19.4 Å². The second kappa shape index (κ2) is 7.87. The van der Waals surface area contributed by atoms with Crippen molar-refractivity contribution in [2.45, 2.75) is 26.1 Å². The molecular weight excluding hydrogens is 256 g/mol. The summed E-state index contributed by atoms with van der Waals surface area (Å²) in [6.45, 7) is 5.05. The monoisotopic (exact) mass is 280 g/mol. The number of hydrogen-bond donors (Lipinski definition) is 2. The van der Waals surface area contributed by atoms with Crippen molar-refractivity contribution in [3.63, 3.8) is 0 Å². The molecule has 0 heterocycles. The predicted molar refractivity (Wildman–Crippen MR) is 78.4 cm³/mol. The van der Waals surface area contributed by atoms with Crippen molar-refractivity contribution in [1.82, 2.24) is 10.2 Å². The van der Waals surface area contributed by atoms with Crippen molar-refractivity contribution < 1.29 is 14.6 Å². The van der Waals surface area contributed by atoms with Gasteiger partial charge in [0.15, 0.2) is 0 Å². The van der Waals surface area contributed by atoms with Crippen LogP contribution in [0.15, 0.2) is 30.3 Å². The molecule has 5 nitrogen and oxygen atoms in total. The van der Waals surface area contributed by atoms with Gasteiger partial charge in [-0.25, -0.2) is 4.79 Å². The second-order valence-corrected chi connectivity index (χ2v) is 5.44. The van der Waals surface area contributed by atoms with Gasteiger partial charge in [0.1, 0.15) is 0 Å². The third-order valence-corrected chi connectivity index (χ3v) is 2.60. The lowest BCUT2D eigenvalue weighted by Crippen LogP contribution is -2.45. The third-order valence-electron chi connectivity index (χ3n) is 2.60. The van der Waals surface area contributed by atoms with Crippen LogP contribution in [0.25, 0.3) is 0 Å². The number of amides is 2. The summed E-state index contributed by atoms with van der Waals surface area (Å²) >= 11 is 0. The van der Waals surface area contributed by atoms with E-state index in [1.165, 1.54) is 4.90 Å². The summed E-state index contributed by atoms with van der Waals surface area (Å²) in [7, 11) is 1.65. The van der Waals surface area contributed by atoms with Gasteiger partial charge in [-0.3, -0.25) is 0 Å². The van der Waals surface area contributed by atoms with Crippen LogP contribution in [0.3, 0.4) is 0 Å². The Hall–Kier alpha value is -1.59. The first-order valence-electron chi connectivity index (χ1n) is 6.71. The highest BCUT2D eigenvalue weighted by Gasteiger charge is 2.18. The molecule has 2 amide bonds. The zero-order valence-corrected chi connectivity index (χ0v) is 12.4. The number of hydrogen-bond acceptors (Lipinski definition) is 3. The Morgan fingerprint density at radius 3 is 2.60 bits per heavy atom. The molecule has 112 valence electrons. The summed E-state index contributed by atoms with van der Waals surface area (Å²) < 4.78 is 5.47. The number of nitrogens with one attached hydrogen (secondary N) is 1. The van der Waals surface area contributed by atoms with E-state index in [2.05, 4.69) is 5.32 Å². The first-order chi connectivity index (χ1) is 9.38. The van der Waals surface area contributed by atoms with E-state index in [9.17, 15) is 9.90 Å². The van der Waals surface area contributed by atoms with Crippen molar-refractivity contribution in [2.24, 2.45) is 0 Å². The summed E-state index contributed by atoms with van der Waals surface area (Å²) in [6.07, 6.45) is 0. The molecule has 0 aliphatic carbocycles. The molecule has 0 aliphatic rings. The first-order valence-corrected chi connectivity index (χ1v) is 6.71. The molecule has 0 bridgehead atoms. The Morgan fingerprint density at radius 2 is 2.00 bits per heavy atom. The van der Waals surface area contributed by atoms with Crippen molar-refractivity contribution in [3.8, 4) is 0 Å². The highest BCUT2D eigenvalue weighted by atomic mass is 16.5. The van der Waals surface area contributed by atoms with Crippen LogP contribution in [-0.2, 0) is 11.3 Å². The van der Waals surface area contributed by atoms with E-state index in [0.29, 0.717) is 19.8 Å². The number of rotatable bonds is 7. The molecule has 0 aromatic heterocycles. The van der Waals surface area contributed by atoms with Crippen LogP contribution >= 0.6 is 0 Å². The maximum atomic E-state index is 11.7. The van der Waals surface area contributed by atoms with Crippen LogP contribution in [0.1, 0.15) is 19.4 Å². The van der Waals surface area contributed by atoms with Gasteiger partial charge in [0, 0.05) is 13.6 Å². The second-order valence-electron chi connectivity index (χ2n) is 5.44. The van der Waals surface area contributed by atoms with Crippen LogP contribution in [0.2, 0.25) is 0 Å². The van der Waals surface area contributed by atoms with Crippen molar-refractivity contribution >= 4 is 6.03 Å². The standard InChI is InChI=1S/C15H24N2O3/c1-15(2,19)12-17(3)14(18)16-9-10-20-11-13-7-5-4-6-8-13/h4-8,19H,9-12H2,1-3H3,(H,16,18). The molecule has 2 N–H and O–H groups in total. The topological polar surface area (TPSA) is 61.8 Å². The molecule has 1 rings (SSSR count). The average Bonchev–Trinajstić information content (AvgIpc) is 2.37. The molecule has 1 aromatic rings. The molecular formula is C15H24N2O3. The lowest BCUT2D eigenvalue weighted by Gasteiger charge is -2.25. The van der Waals surface area contributed by atoms with E-state index in [0.717, 1.165) is 5.56 Å².